The Balaban J connectivity index is 0.00000156. The minimum absolute atomic E-state index is 0. The van der Waals surface area contributed by atoms with E-state index in [9.17, 15) is 0 Å². The number of rotatable bonds is 3. The van der Waals surface area contributed by atoms with E-state index >= 15 is 0 Å². The SMILES string of the molecule is Cl.Cn1cc(CN2CCC3(CCNC3)C2)c(-c2ccccc2)n1. The van der Waals surface area contributed by atoms with Gasteiger partial charge in [-0.3, -0.25) is 9.58 Å². The van der Waals surface area contributed by atoms with Crippen LogP contribution in [0, 0.1) is 5.41 Å². The highest BCUT2D eigenvalue weighted by Crippen LogP contribution is 2.37. The summed E-state index contributed by atoms with van der Waals surface area (Å²) in [5.41, 5.74) is 4.23. The maximum absolute atomic E-state index is 4.69. The molecule has 0 aliphatic carbocycles. The number of benzene rings is 1. The van der Waals surface area contributed by atoms with Gasteiger partial charge >= 0.3 is 0 Å². The number of nitrogens with zero attached hydrogens (tertiary/aromatic N) is 3. The Morgan fingerprint density at radius 1 is 1.22 bits per heavy atom. The molecular formula is C18H25ClN4. The van der Waals surface area contributed by atoms with Crippen LogP contribution >= 0.6 is 12.4 Å². The average molecular weight is 333 g/mol. The fourth-order valence-electron chi connectivity index (χ4n) is 4.04. The molecule has 1 aromatic carbocycles. The van der Waals surface area contributed by atoms with E-state index < -0.39 is 0 Å². The smallest absolute Gasteiger partial charge is 0.0968 e. The Morgan fingerprint density at radius 2 is 2.04 bits per heavy atom. The van der Waals surface area contributed by atoms with Crippen molar-refractivity contribution in [3.05, 3.63) is 42.1 Å². The maximum atomic E-state index is 4.69. The summed E-state index contributed by atoms with van der Waals surface area (Å²) < 4.78 is 1.95. The number of hydrogen-bond donors (Lipinski definition) is 1. The van der Waals surface area contributed by atoms with Gasteiger partial charge in [-0.15, -0.1) is 12.4 Å². The van der Waals surface area contributed by atoms with E-state index in [1.165, 1.54) is 50.1 Å². The molecule has 0 saturated carbocycles. The summed E-state index contributed by atoms with van der Waals surface area (Å²) in [6.07, 6.45) is 4.85. The van der Waals surface area contributed by atoms with Gasteiger partial charge in [0, 0.05) is 44.0 Å². The molecule has 1 spiro atoms. The molecule has 2 aliphatic heterocycles. The Hall–Kier alpha value is -1.36. The third kappa shape index (κ3) is 3.30. The highest BCUT2D eigenvalue weighted by atomic mass is 35.5. The number of likely N-dealkylation sites (tertiary alicyclic amines) is 1. The van der Waals surface area contributed by atoms with Crippen molar-refractivity contribution in [1.29, 1.82) is 0 Å². The van der Waals surface area contributed by atoms with E-state index in [0.717, 1.165) is 12.2 Å². The molecule has 0 bridgehead atoms. The maximum Gasteiger partial charge on any atom is 0.0968 e. The number of aryl methyl sites for hydroxylation is 1. The molecule has 0 radical (unpaired) electrons. The van der Waals surface area contributed by atoms with Gasteiger partial charge in [0.2, 0.25) is 0 Å². The second-order valence-corrected chi connectivity index (χ2v) is 6.93. The van der Waals surface area contributed by atoms with E-state index in [1.54, 1.807) is 0 Å². The second kappa shape index (κ2) is 6.63. The second-order valence-electron chi connectivity index (χ2n) is 6.93. The molecule has 2 saturated heterocycles. The van der Waals surface area contributed by atoms with Crippen LogP contribution in [-0.2, 0) is 13.6 Å². The van der Waals surface area contributed by atoms with Crippen LogP contribution in [0.3, 0.4) is 0 Å². The van der Waals surface area contributed by atoms with Crippen molar-refractivity contribution in [2.75, 3.05) is 26.2 Å². The molecule has 1 N–H and O–H groups in total. The molecule has 3 heterocycles. The summed E-state index contributed by atoms with van der Waals surface area (Å²) in [6.45, 7) is 5.84. The first kappa shape index (κ1) is 16.5. The van der Waals surface area contributed by atoms with Gasteiger partial charge in [0.25, 0.3) is 0 Å². The molecule has 124 valence electrons. The molecule has 2 aliphatic rings. The molecule has 2 aromatic rings. The topological polar surface area (TPSA) is 33.1 Å². The van der Waals surface area contributed by atoms with Crippen LogP contribution in [0.25, 0.3) is 11.3 Å². The molecule has 5 heteroatoms. The van der Waals surface area contributed by atoms with Crippen LogP contribution in [-0.4, -0.2) is 40.9 Å². The number of aromatic nitrogens is 2. The predicted octanol–water partition coefficient (Wildman–Crippen LogP) is 2.69. The van der Waals surface area contributed by atoms with Crippen molar-refractivity contribution < 1.29 is 0 Å². The van der Waals surface area contributed by atoms with Crippen molar-refractivity contribution in [3.8, 4) is 11.3 Å². The highest BCUT2D eigenvalue weighted by Gasteiger charge is 2.40. The fraction of sp³-hybridized carbons (Fsp3) is 0.500. The van der Waals surface area contributed by atoms with E-state index in [-0.39, 0.29) is 12.4 Å². The van der Waals surface area contributed by atoms with E-state index in [0.29, 0.717) is 5.41 Å². The Kier molecular flexibility index (Phi) is 4.76. The lowest BCUT2D eigenvalue weighted by atomic mass is 9.86. The fourth-order valence-corrected chi connectivity index (χ4v) is 4.04. The first-order valence-electron chi connectivity index (χ1n) is 8.25. The molecule has 2 fully saturated rings. The average Bonchev–Trinajstić information content (AvgIpc) is 3.24. The van der Waals surface area contributed by atoms with Gasteiger partial charge in [-0.2, -0.15) is 5.10 Å². The Labute approximate surface area is 144 Å². The summed E-state index contributed by atoms with van der Waals surface area (Å²) in [4.78, 5) is 2.61. The van der Waals surface area contributed by atoms with Crippen molar-refractivity contribution in [2.45, 2.75) is 19.4 Å². The molecule has 4 nitrogen and oxygen atoms in total. The van der Waals surface area contributed by atoms with Gasteiger partial charge in [-0.1, -0.05) is 30.3 Å². The molecule has 1 unspecified atom stereocenters. The molecule has 23 heavy (non-hydrogen) atoms. The Bertz CT molecular complexity index is 646. The number of nitrogens with one attached hydrogen (secondary N) is 1. The zero-order valence-electron chi connectivity index (χ0n) is 13.7. The molecular weight excluding hydrogens is 308 g/mol. The summed E-state index contributed by atoms with van der Waals surface area (Å²) in [5.74, 6) is 0. The summed E-state index contributed by atoms with van der Waals surface area (Å²) >= 11 is 0. The van der Waals surface area contributed by atoms with Gasteiger partial charge in [-0.05, 0) is 31.3 Å². The standard InChI is InChI=1S/C18H24N4.ClH/c1-21-11-16(17(20-21)15-5-3-2-4-6-15)12-22-10-8-18(14-22)7-9-19-13-18;/h2-6,11,19H,7-10,12-14H2,1H3;1H. The quantitative estimate of drug-likeness (QED) is 0.938. The molecule has 1 atom stereocenters. The van der Waals surface area contributed by atoms with E-state index in [2.05, 4.69) is 51.8 Å². The lowest BCUT2D eigenvalue weighted by Gasteiger charge is -2.22. The van der Waals surface area contributed by atoms with Gasteiger partial charge < -0.3 is 5.32 Å². The van der Waals surface area contributed by atoms with Crippen LogP contribution in [0.2, 0.25) is 0 Å². The minimum atomic E-state index is 0. The van der Waals surface area contributed by atoms with Gasteiger partial charge in [0.15, 0.2) is 0 Å². The zero-order chi connectivity index (χ0) is 15.0. The highest BCUT2D eigenvalue weighted by molar-refractivity contribution is 5.85. The van der Waals surface area contributed by atoms with Crippen molar-refractivity contribution in [2.24, 2.45) is 12.5 Å². The van der Waals surface area contributed by atoms with E-state index in [4.69, 9.17) is 0 Å². The lowest BCUT2D eigenvalue weighted by Crippen LogP contribution is -2.29. The van der Waals surface area contributed by atoms with Crippen molar-refractivity contribution in [1.82, 2.24) is 20.0 Å². The monoisotopic (exact) mass is 332 g/mol. The number of halogens is 1. The summed E-state index contributed by atoms with van der Waals surface area (Å²) in [5, 5.41) is 8.23. The predicted molar refractivity (Wildman–Crippen MR) is 95.7 cm³/mol. The minimum Gasteiger partial charge on any atom is -0.316 e. The van der Waals surface area contributed by atoms with Crippen LogP contribution in [0.1, 0.15) is 18.4 Å². The van der Waals surface area contributed by atoms with Crippen LogP contribution in [0.4, 0.5) is 0 Å². The molecule has 0 amide bonds. The van der Waals surface area contributed by atoms with Crippen molar-refractivity contribution >= 4 is 12.4 Å². The first-order valence-corrected chi connectivity index (χ1v) is 8.25. The zero-order valence-corrected chi connectivity index (χ0v) is 14.5. The Morgan fingerprint density at radius 3 is 2.78 bits per heavy atom. The van der Waals surface area contributed by atoms with Crippen LogP contribution in [0.5, 0.6) is 0 Å². The van der Waals surface area contributed by atoms with Gasteiger partial charge in [0.05, 0.1) is 5.69 Å². The molecule has 4 rings (SSSR count). The number of hydrogen-bond acceptors (Lipinski definition) is 3. The van der Waals surface area contributed by atoms with Crippen LogP contribution in [0.15, 0.2) is 36.5 Å². The first-order chi connectivity index (χ1) is 10.7. The van der Waals surface area contributed by atoms with E-state index in [1.807, 2.05) is 11.7 Å². The summed E-state index contributed by atoms with van der Waals surface area (Å²) in [6, 6.07) is 10.5. The summed E-state index contributed by atoms with van der Waals surface area (Å²) in [7, 11) is 2.02. The van der Waals surface area contributed by atoms with Gasteiger partial charge in [-0.25, -0.2) is 0 Å². The molecule has 1 aromatic heterocycles. The lowest BCUT2D eigenvalue weighted by molar-refractivity contribution is 0.269. The van der Waals surface area contributed by atoms with Crippen LogP contribution < -0.4 is 5.32 Å². The third-order valence-electron chi connectivity index (χ3n) is 5.20. The normalized spacial score (nSPS) is 24.2. The third-order valence-corrected chi connectivity index (χ3v) is 5.20. The van der Waals surface area contributed by atoms with Gasteiger partial charge in [0.1, 0.15) is 0 Å². The van der Waals surface area contributed by atoms with Crippen molar-refractivity contribution in [3.63, 3.8) is 0 Å². The largest absolute Gasteiger partial charge is 0.316 e.